The predicted molar refractivity (Wildman–Crippen MR) is 81.9 cm³/mol. The van der Waals surface area contributed by atoms with Gasteiger partial charge in [0.25, 0.3) is 0 Å². The zero-order valence-corrected chi connectivity index (χ0v) is 12.3. The van der Waals surface area contributed by atoms with Gasteiger partial charge >= 0.3 is 5.97 Å². The second kappa shape index (κ2) is 7.47. The van der Waals surface area contributed by atoms with Crippen LogP contribution in [0.4, 0.5) is 0 Å². The van der Waals surface area contributed by atoms with Crippen molar-refractivity contribution in [2.75, 3.05) is 0 Å². The Morgan fingerprint density at radius 2 is 1.65 bits per heavy atom. The molecule has 0 aromatic heterocycles. The summed E-state index contributed by atoms with van der Waals surface area (Å²) in [6, 6.07) is 11.0. The van der Waals surface area contributed by atoms with E-state index in [9.17, 15) is 4.79 Å². The number of hydrogen-bond donors (Lipinski definition) is 1. The van der Waals surface area contributed by atoms with Crippen molar-refractivity contribution in [3.05, 3.63) is 35.9 Å². The zero-order valence-electron chi connectivity index (χ0n) is 12.3. The lowest BCUT2D eigenvalue weighted by Crippen LogP contribution is -2.21. The van der Waals surface area contributed by atoms with Gasteiger partial charge in [0.15, 0.2) is 0 Å². The van der Waals surface area contributed by atoms with Crippen molar-refractivity contribution in [2.24, 2.45) is 0 Å². The highest BCUT2D eigenvalue weighted by atomic mass is 16.4. The van der Waals surface area contributed by atoms with E-state index in [0.29, 0.717) is 11.8 Å². The highest BCUT2D eigenvalue weighted by Gasteiger charge is 2.34. The molecule has 1 aromatic rings. The third kappa shape index (κ3) is 4.09. The van der Waals surface area contributed by atoms with Crippen molar-refractivity contribution >= 4 is 5.97 Å². The van der Waals surface area contributed by atoms with E-state index in [-0.39, 0.29) is 0 Å². The summed E-state index contributed by atoms with van der Waals surface area (Å²) in [4.78, 5) is 10.5. The van der Waals surface area contributed by atoms with Gasteiger partial charge < -0.3 is 5.11 Å². The van der Waals surface area contributed by atoms with Gasteiger partial charge in [-0.3, -0.25) is 4.79 Å². The van der Waals surface area contributed by atoms with E-state index in [1.165, 1.54) is 50.5 Å². The van der Waals surface area contributed by atoms with Crippen LogP contribution in [-0.2, 0) is 10.2 Å². The Morgan fingerprint density at radius 3 is 2.30 bits per heavy atom. The summed E-state index contributed by atoms with van der Waals surface area (Å²) in [6.45, 7) is 0. The molecule has 0 atom stereocenters. The molecule has 1 aliphatic carbocycles. The summed E-state index contributed by atoms with van der Waals surface area (Å²) in [5.41, 5.74) is 1.93. The molecule has 0 saturated heterocycles. The molecule has 0 bridgehead atoms. The fourth-order valence-corrected chi connectivity index (χ4v) is 3.62. The highest BCUT2D eigenvalue weighted by molar-refractivity contribution is 5.66. The topological polar surface area (TPSA) is 37.3 Å². The van der Waals surface area contributed by atoms with E-state index >= 15 is 0 Å². The molecule has 1 fully saturated rings. The first-order valence-electron chi connectivity index (χ1n) is 8.00. The molecule has 0 radical (unpaired) electrons. The van der Waals surface area contributed by atoms with Crippen molar-refractivity contribution in [3.63, 3.8) is 0 Å². The van der Waals surface area contributed by atoms with Crippen LogP contribution in [0.1, 0.15) is 69.8 Å². The molecule has 0 unspecified atom stereocenters. The number of hydrogen-bond acceptors (Lipinski definition) is 1. The van der Waals surface area contributed by atoms with Gasteiger partial charge in [-0.15, -0.1) is 0 Å². The molecule has 0 spiro atoms. The minimum absolute atomic E-state index is 0.323. The maximum atomic E-state index is 10.5. The van der Waals surface area contributed by atoms with Crippen LogP contribution in [0.2, 0.25) is 0 Å². The van der Waals surface area contributed by atoms with Crippen LogP contribution in [0.15, 0.2) is 30.3 Å². The minimum atomic E-state index is -0.665. The average Bonchev–Trinajstić information content (AvgIpc) is 2.93. The zero-order chi connectivity index (χ0) is 14.3. The van der Waals surface area contributed by atoms with E-state index in [1.807, 2.05) is 0 Å². The van der Waals surface area contributed by atoms with Gasteiger partial charge in [-0.2, -0.15) is 0 Å². The van der Waals surface area contributed by atoms with Crippen LogP contribution in [0.5, 0.6) is 0 Å². The number of carboxylic acids is 1. The average molecular weight is 274 g/mol. The van der Waals surface area contributed by atoms with E-state index < -0.39 is 5.97 Å². The number of carboxylic acid groups (broad SMARTS) is 1. The van der Waals surface area contributed by atoms with Gasteiger partial charge in [0, 0.05) is 6.42 Å². The summed E-state index contributed by atoms with van der Waals surface area (Å²) in [5, 5.41) is 8.63. The van der Waals surface area contributed by atoms with Crippen molar-refractivity contribution in [3.8, 4) is 0 Å². The molecule has 0 amide bonds. The summed E-state index contributed by atoms with van der Waals surface area (Å²) in [6.07, 6.45) is 11.2. The molecule has 110 valence electrons. The lowest BCUT2D eigenvalue weighted by atomic mass is 9.75. The van der Waals surface area contributed by atoms with Crippen LogP contribution in [0.3, 0.4) is 0 Å². The fraction of sp³-hybridized carbons (Fsp3) is 0.611. The smallest absolute Gasteiger partial charge is 0.303 e. The fourth-order valence-electron chi connectivity index (χ4n) is 3.62. The Balaban J connectivity index is 1.80. The Morgan fingerprint density at radius 1 is 1.00 bits per heavy atom. The Bertz CT molecular complexity index is 405. The number of rotatable bonds is 8. The molecular formula is C18H26O2. The molecule has 1 aromatic carbocycles. The van der Waals surface area contributed by atoms with Crippen molar-refractivity contribution in [2.45, 2.75) is 69.6 Å². The van der Waals surface area contributed by atoms with Crippen LogP contribution in [0.25, 0.3) is 0 Å². The molecule has 0 heterocycles. The molecular weight excluding hydrogens is 248 g/mol. The van der Waals surface area contributed by atoms with Crippen LogP contribution >= 0.6 is 0 Å². The maximum absolute atomic E-state index is 10.5. The van der Waals surface area contributed by atoms with E-state index in [4.69, 9.17) is 5.11 Å². The van der Waals surface area contributed by atoms with Crippen molar-refractivity contribution in [1.82, 2.24) is 0 Å². The number of unbranched alkanes of at least 4 members (excludes halogenated alkanes) is 3. The van der Waals surface area contributed by atoms with Gasteiger partial charge in [0.2, 0.25) is 0 Å². The Hall–Kier alpha value is -1.31. The summed E-state index contributed by atoms with van der Waals surface area (Å²) in [5.74, 6) is -0.665. The molecule has 20 heavy (non-hydrogen) atoms. The first-order chi connectivity index (χ1) is 9.73. The third-order valence-corrected chi connectivity index (χ3v) is 4.74. The van der Waals surface area contributed by atoms with Crippen LogP contribution in [0, 0.1) is 0 Å². The Labute approximate surface area is 122 Å². The summed E-state index contributed by atoms with van der Waals surface area (Å²) in [7, 11) is 0. The predicted octanol–water partition coefficient (Wildman–Crippen LogP) is 4.92. The van der Waals surface area contributed by atoms with Crippen LogP contribution in [-0.4, -0.2) is 11.1 Å². The van der Waals surface area contributed by atoms with E-state index in [2.05, 4.69) is 30.3 Å². The summed E-state index contributed by atoms with van der Waals surface area (Å²) >= 11 is 0. The Kier molecular flexibility index (Phi) is 5.63. The molecule has 1 N–H and O–H groups in total. The SMILES string of the molecule is O=C(O)CCCCCCC1(c2ccccc2)CCCC1. The largest absolute Gasteiger partial charge is 0.481 e. The molecule has 1 aliphatic rings. The number of aliphatic carboxylic acids is 1. The lowest BCUT2D eigenvalue weighted by molar-refractivity contribution is -0.137. The van der Waals surface area contributed by atoms with Gasteiger partial charge in [0.05, 0.1) is 0 Å². The van der Waals surface area contributed by atoms with E-state index in [1.54, 1.807) is 0 Å². The standard InChI is InChI=1S/C18H26O2/c19-17(20)12-6-1-2-7-13-18(14-8-9-15-18)16-10-4-3-5-11-16/h3-5,10-11H,1-2,6-9,12-15H2,(H,19,20). The normalized spacial score (nSPS) is 17.2. The molecule has 2 rings (SSSR count). The van der Waals surface area contributed by atoms with Crippen molar-refractivity contribution < 1.29 is 9.90 Å². The first kappa shape index (κ1) is 15.1. The third-order valence-electron chi connectivity index (χ3n) is 4.74. The first-order valence-corrected chi connectivity index (χ1v) is 8.00. The lowest BCUT2D eigenvalue weighted by Gasteiger charge is -2.30. The second-order valence-electron chi connectivity index (χ2n) is 6.16. The highest BCUT2D eigenvalue weighted by Crippen LogP contribution is 2.44. The summed E-state index contributed by atoms with van der Waals surface area (Å²) < 4.78 is 0. The van der Waals surface area contributed by atoms with Crippen molar-refractivity contribution in [1.29, 1.82) is 0 Å². The van der Waals surface area contributed by atoms with Gasteiger partial charge in [-0.25, -0.2) is 0 Å². The second-order valence-corrected chi connectivity index (χ2v) is 6.16. The monoisotopic (exact) mass is 274 g/mol. The number of benzene rings is 1. The molecule has 1 saturated carbocycles. The number of carbonyl (C=O) groups is 1. The van der Waals surface area contributed by atoms with E-state index in [0.717, 1.165) is 12.8 Å². The quantitative estimate of drug-likeness (QED) is 0.683. The molecule has 2 nitrogen and oxygen atoms in total. The van der Waals surface area contributed by atoms with Crippen LogP contribution < -0.4 is 0 Å². The van der Waals surface area contributed by atoms with Gasteiger partial charge in [-0.1, -0.05) is 62.4 Å². The van der Waals surface area contributed by atoms with Gasteiger partial charge in [-0.05, 0) is 36.7 Å². The molecule has 0 aliphatic heterocycles. The minimum Gasteiger partial charge on any atom is -0.481 e. The van der Waals surface area contributed by atoms with Gasteiger partial charge in [0.1, 0.15) is 0 Å². The maximum Gasteiger partial charge on any atom is 0.303 e. The molecule has 2 heteroatoms.